The summed E-state index contributed by atoms with van der Waals surface area (Å²) in [4.78, 5) is 0. The fraction of sp³-hybridized carbons (Fsp3) is 1.00. The SMILES string of the molecule is CO[C@@H](CBr)[C@H]1CCOC1. The Bertz CT molecular complexity index is 87.6. The van der Waals surface area contributed by atoms with E-state index in [1.165, 1.54) is 0 Å². The predicted molar refractivity (Wildman–Crippen MR) is 43.5 cm³/mol. The zero-order valence-electron chi connectivity index (χ0n) is 6.18. The Balaban J connectivity index is 2.29. The van der Waals surface area contributed by atoms with Crippen molar-refractivity contribution < 1.29 is 9.47 Å². The predicted octanol–water partition coefficient (Wildman–Crippen LogP) is 1.43. The van der Waals surface area contributed by atoms with Crippen LogP contribution in [0, 0.1) is 5.92 Å². The van der Waals surface area contributed by atoms with Gasteiger partial charge in [0, 0.05) is 25.0 Å². The van der Waals surface area contributed by atoms with Crippen LogP contribution in [-0.2, 0) is 9.47 Å². The van der Waals surface area contributed by atoms with Gasteiger partial charge in [-0.1, -0.05) is 15.9 Å². The molecule has 3 heteroatoms. The summed E-state index contributed by atoms with van der Waals surface area (Å²) in [7, 11) is 1.75. The average Bonchev–Trinajstić information content (AvgIpc) is 2.43. The van der Waals surface area contributed by atoms with Crippen molar-refractivity contribution in [2.24, 2.45) is 5.92 Å². The van der Waals surface area contributed by atoms with Crippen molar-refractivity contribution in [3.63, 3.8) is 0 Å². The van der Waals surface area contributed by atoms with E-state index in [-0.39, 0.29) is 0 Å². The van der Waals surface area contributed by atoms with Crippen molar-refractivity contribution in [2.45, 2.75) is 12.5 Å². The number of ether oxygens (including phenoxy) is 2. The molecule has 0 aromatic carbocycles. The van der Waals surface area contributed by atoms with Crippen LogP contribution in [0.2, 0.25) is 0 Å². The van der Waals surface area contributed by atoms with Crippen molar-refractivity contribution >= 4 is 15.9 Å². The van der Waals surface area contributed by atoms with Crippen molar-refractivity contribution in [2.75, 3.05) is 25.7 Å². The Morgan fingerprint density at radius 1 is 1.80 bits per heavy atom. The number of methoxy groups -OCH3 is 1. The molecule has 1 aliphatic rings. The van der Waals surface area contributed by atoms with Crippen LogP contribution in [0.3, 0.4) is 0 Å². The summed E-state index contributed by atoms with van der Waals surface area (Å²) in [6.07, 6.45) is 1.48. The zero-order chi connectivity index (χ0) is 7.40. The Morgan fingerprint density at radius 2 is 2.60 bits per heavy atom. The first kappa shape index (κ1) is 8.50. The number of hydrogen-bond acceptors (Lipinski definition) is 2. The highest BCUT2D eigenvalue weighted by Gasteiger charge is 2.24. The van der Waals surface area contributed by atoms with E-state index in [0.29, 0.717) is 12.0 Å². The monoisotopic (exact) mass is 208 g/mol. The molecule has 0 unspecified atom stereocenters. The number of halogens is 1. The topological polar surface area (TPSA) is 18.5 Å². The van der Waals surface area contributed by atoms with Crippen LogP contribution in [0.25, 0.3) is 0 Å². The lowest BCUT2D eigenvalue weighted by molar-refractivity contribution is 0.0631. The highest BCUT2D eigenvalue weighted by molar-refractivity contribution is 9.09. The van der Waals surface area contributed by atoms with Crippen LogP contribution >= 0.6 is 15.9 Å². The van der Waals surface area contributed by atoms with Crippen LogP contribution in [0.15, 0.2) is 0 Å². The molecular formula is C7H13BrO2. The molecule has 0 bridgehead atoms. The number of hydrogen-bond donors (Lipinski definition) is 0. The second-order valence-electron chi connectivity index (χ2n) is 2.55. The van der Waals surface area contributed by atoms with Gasteiger partial charge in [0.1, 0.15) is 0 Å². The molecule has 1 rings (SSSR count). The van der Waals surface area contributed by atoms with Gasteiger partial charge in [0.2, 0.25) is 0 Å². The van der Waals surface area contributed by atoms with E-state index in [0.717, 1.165) is 25.0 Å². The highest BCUT2D eigenvalue weighted by Crippen LogP contribution is 2.19. The Morgan fingerprint density at radius 3 is 3.00 bits per heavy atom. The Kier molecular flexibility index (Phi) is 3.66. The average molecular weight is 209 g/mol. The second kappa shape index (κ2) is 4.31. The van der Waals surface area contributed by atoms with Gasteiger partial charge in [-0.2, -0.15) is 0 Å². The Labute approximate surface area is 70.0 Å². The van der Waals surface area contributed by atoms with Gasteiger partial charge in [0.25, 0.3) is 0 Å². The number of rotatable bonds is 3. The normalized spacial score (nSPS) is 28.8. The van der Waals surface area contributed by atoms with Gasteiger partial charge < -0.3 is 9.47 Å². The molecule has 2 atom stereocenters. The van der Waals surface area contributed by atoms with Crippen LogP contribution in [0.5, 0.6) is 0 Å². The molecule has 0 spiro atoms. The molecule has 0 saturated carbocycles. The first-order valence-electron chi connectivity index (χ1n) is 3.55. The van der Waals surface area contributed by atoms with Crippen molar-refractivity contribution in [1.29, 1.82) is 0 Å². The van der Waals surface area contributed by atoms with E-state index in [1.807, 2.05) is 0 Å². The maximum atomic E-state index is 5.26. The van der Waals surface area contributed by atoms with Crippen LogP contribution in [-0.4, -0.2) is 31.8 Å². The lowest BCUT2D eigenvalue weighted by atomic mass is 10.0. The van der Waals surface area contributed by atoms with Crippen molar-refractivity contribution in [3.8, 4) is 0 Å². The summed E-state index contributed by atoms with van der Waals surface area (Å²) in [5.74, 6) is 0.601. The van der Waals surface area contributed by atoms with E-state index >= 15 is 0 Å². The van der Waals surface area contributed by atoms with Crippen LogP contribution < -0.4 is 0 Å². The second-order valence-corrected chi connectivity index (χ2v) is 3.20. The van der Waals surface area contributed by atoms with E-state index in [4.69, 9.17) is 9.47 Å². The van der Waals surface area contributed by atoms with Gasteiger partial charge in [-0.3, -0.25) is 0 Å². The van der Waals surface area contributed by atoms with E-state index in [9.17, 15) is 0 Å². The number of alkyl halides is 1. The van der Waals surface area contributed by atoms with E-state index in [1.54, 1.807) is 7.11 Å². The minimum atomic E-state index is 0.336. The fourth-order valence-corrected chi connectivity index (χ4v) is 2.02. The summed E-state index contributed by atoms with van der Waals surface area (Å²) in [5, 5.41) is 0.914. The minimum absolute atomic E-state index is 0.336. The molecule has 1 fully saturated rings. The van der Waals surface area contributed by atoms with Crippen molar-refractivity contribution in [1.82, 2.24) is 0 Å². The van der Waals surface area contributed by atoms with Crippen molar-refractivity contribution in [3.05, 3.63) is 0 Å². The summed E-state index contributed by atoms with van der Waals surface area (Å²) >= 11 is 3.41. The summed E-state index contributed by atoms with van der Waals surface area (Å²) < 4.78 is 10.5. The molecule has 2 nitrogen and oxygen atoms in total. The zero-order valence-corrected chi connectivity index (χ0v) is 7.76. The maximum absolute atomic E-state index is 5.26. The summed E-state index contributed by atoms with van der Waals surface area (Å²) in [6.45, 7) is 1.77. The first-order chi connectivity index (χ1) is 4.88. The van der Waals surface area contributed by atoms with Crippen LogP contribution in [0.1, 0.15) is 6.42 Å². The molecule has 0 N–H and O–H groups in total. The molecule has 0 aromatic heterocycles. The third-order valence-corrected chi connectivity index (χ3v) is 2.58. The highest BCUT2D eigenvalue weighted by atomic mass is 79.9. The Hall–Kier alpha value is 0.400. The first-order valence-corrected chi connectivity index (χ1v) is 4.67. The molecule has 10 heavy (non-hydrogen) atoms. The molecule has 1 saturated heterocycles. The minimum Gasteiger partial charge on any atom is -0.381 e. The molecule has 60 valence electrons. The summed E-state index contributed by atoms with van der Waals surface area (Å²) in [6, 6.07) is 0. The lowest BCUT2D eigenvalue weighted by Crippen LogP contribution is -2.24. The standard InChI is InChI=1S/C7H13BrO2/c1-9-7(4-8)6-2-3-10-5-6/h6-7H,2-5H2,1H3/t6-,7-/m0/s1. The largest absolute Gasteiger partial charge is 0.381 e. The molecule has 1 heterocycles. The summed E-state index contributed by atoms with van der Waals surface area (Å²) in [5.41, 5.74) is 0. The van der Waals surface area contributed by atoms with Crippen LogP contribution in [0.4, 0.5) is 0 Å². The third-order valence-electron chi connectivity index (χ3n) is 1.95. The van der Waals surface area contributed by atoms with E-state index < -0.39 is 0 Å². The smallest absolute Gasteiger partial charge is 0.0719 e. The molecule has 0 amide bonds. The molecule has 0 aliphatic carbocycles. The van der Waals surface area contributed by atoms with E-state index in [2.05, 4.69) is 15.9 Å². The molecule has 1 aliphatic heterocycles. The lowest BCUT2D eigenvalue weighted by Gasteiger charge is -2.17. The fourth-order valence-electron chi connectivity index (χ4n) is 1.23. The van der Waals surface area contributed by atoms with Gasteiger partial charge in [0.05, 0.1) is 12.7 Å². The maximum Gasteiger partial charge on any atom is 0.0719 e. The quantitative estimate of drug-likeness (QED) is 0.654. The molecule has 0 radical (unpaired) electrons. The third kappa shape index (κ3) is 1.94. The van der Waals surface area contributed by atoms with Gasteiger partial charge in [0.15, 0.2) is 0 Å². The van der Waals surface area contributed by atoms with Gasteiger partial charge in [-0.05, 0) is 6.42 Å². The van der Waals surface area contributed by atoms with Gasteiger partial charge in [-0.25, -0.2) is 0 Å². The van der Waals surface area contributed by atoms with Gasteiger partial charge in [-0.15, -0.1) is 0 Å². The molecule has 0 aromatic rings. The van der Waals surface area contributed by atoms with Gasteiger partial charge >= 0.3 is 0 Å². The molecular weight excluding hydrogens is 196 g/mol.